The van der Waals surface area contributed by atoms with Gasteiger partial charge in [0.05, 0.1) is 0 Å². The second kappa shape index (κ2) is 7.57. The molecule has 1 aliphatic carbocycles. The van der Waals surface area contributed by atoms with Crippen molar-refractivity contribution in [3.63, 3.8) is 0 Å². The summed E-state index contributed by atoms with van der Waals surface area (Å²) in [6, 6.07) is 32.1. The van der Waals surface area contributed by atoms with Crippen LogP contribution in [0.2, 0.25) is 14.7 Å². The summed E-state index contributed by atoms with van der Waals surface area (Å²) in [4.78, 5) is 0. The zero-order valence-corrected chi connectivity index (χ0v) is 27.1. The Labute approximate surface area is 217 Å². The van der Waals surface area contributed by atoms with Crippen LogP contribution in [0, 0.1) is 0 Å². The summed E-state index contributed by atoms with van der Waals surface area (Å²) in [6.07, 6.45) is 0. The van der Waals surface area contributed by atoms with Gasteiger partial charge in [0.2, 0.25) is 0 Å². The van der Waals surface area contributed by atoms with Crippen LogP contribution in [-0.2, 0) is 10.1 Å². The Hall–Kier alpha value is -1.39. The topological polar surface area (TPSA) is 12.0 Å². The van der Waals surface area contributed by atoms with Crippen LogP contribution in [0.5, 0.6) is 0 Å². The van der Waals surface area contributed by atoms with Crippen molar-refractivity contribution in [2.45, 2.75) is 47.9 Å². The molecule has 0 amide bonds. The van der Waals surface area contributed by atoms with E-state index < -0.39 is 10.1 Å². The molecule has 0 aromatic heterocycles. The first-order valence-corrected chi connectivity index (χ1v) is 27.3. The number of benzene rings is 3. The molecule has 185 valence electrons. The normalized spacial score (nSPS) is 20.3. The Morgan fingerprint density at radius 3 is 1.46 bits per heavy atom. The number of nitrogens with one attached hydrogen (secondary N) is 1. The molecule has 5 heteroatoms. The number of allylic oxidation sites excluding steroid dienone is 4. The average molecular weight is 559 g/mol. The summed E-state index contributed by atoms with van der Waals surface area (Å²) in [6.45, 7) is 8.75. The molecular formula is C30H38Cl2NSiTi. The second-order valence-electron chi connectivity index (χ2n) is 13.6. The Morgan fingerprint density at radius 1 is 0.686 bits per heavy atom. The molecule has 3 aromatic carbocycles. The number of rotatable bonds is 5. The average Bonchev–Trinajstić information content (AvgIpc) is 3.07. The van der Waals surface area contributed by atoms with Crippen molar-refractivity contribution < 1.29 is 10.1 Å². The number of halogens is 2. The van der Waals surface area contributed by atoms with Crippen LogP contribution < -0.4 is 3.80 Å². The maximum absolute atomic E-state index is 8.16. The van der Waals surface area contributed by atoms with Crippen LogP contribution in [0.25, 0.3) is 16.7 Å². The molecule has 0 bridgehead atoms. The third kappa shape index (κ3) is 5.35. The minimum absolute atomic E-state index is 0.144. The second-order valence-corrected chi connectivity index (χ2v) is 67.2. The zero-order valence-electron chi connectivity index (χ0n) is 22.0. The Kier molecular flexibility index (Phi) is 5.77. The van der Waals surface area contributed by atoms with Gasteiger partial charge in [-0.25, -0.2) is 0 Å². The molecule has 4 rings (SSSR count). The van der Waals surface area contributed by atoms with Crippen molar-refractivity contribution in [3.05, 3.63) is 113 Å². The monoisotopic (exact) mass is 558 g/mol. The van der Waals surface area contributed by atoms with E-state index in [1.807, 2.05) is 0 Å². The van der Waals surface area contributed by atoms with E-state index in [4.69, 9.17) is 18.6 Å². The number of hydrogen-bond acceptors (Lipinski definition) is 1. The molecule has 1 N–H and O–H groups in total. The van der Waals surface area contributed by atoms with E-state index in [1.165, 1.54) is 39.0 Å². The van der Waals surface area contributed by atoms with E-state index in [0.29, 0.717) is 8.11 Å². The van der Waals surface area contributed by atoms with E-state index >= 15 is 0 Å². The fourth-order valence-electron chi connectivity index (χ4n) is 6.88. The van der Waals surface area contributed by atoms with Gasteiger partial charge in [0.15, 0.2) is 0 Å². The third-order valence-electron chi connectivity index (χ3n) is 6.99. The molecule has 0 saturated carbocycles. The molecular weight excluding hydrogens is 521 g/mol. The van der Waals surface area contributed by atoms with Gasteiger partial charge in [-0.05, 0) is 0 Å². The standard InChI is InChI=1S/C24H19.C4H10N.2CH3.2ClH.H3Si.Ti/c1-18-17-22(19-11-5-2-6-12-19)24(21-15-9-4-10-16-21)23(18)20-13-7-3-8-14-20;1-4(2,3)5;;;;;;/h2-17H,1H3;5H,1-3H3;2*1H3;2*1H;1H3;/q;-1;;;;;;+3/p-2. The van der Waals surface area contributed by atoms with Gasteiger partial charge in [0.1, 0.15) is 0 Å². The van der Waals surface area contributed by atoms with Gasteiger partial charge in [-0.15, -0.1) is 0 Å². The van der Waals surface area contributed by atoms with Crippen molar-refractivity contribution in [1.82, 2.24) is 3.80 Å². The van der Waals surface area contributed by atoms with Gasteiger partial charge in [-0.3, -0.25) is 0 Å². The predicted octanol–water partition coefficient (Wildman–Crippen LogP) is 8.62. The van der Waals surface area contributed by atoms with Crippen LogP contribution in [0.15, 0.2) is 96.6 Å². The summed E-state index contributed by atoms with van der Waals surface area (Å²) in [5.41, 5.74) is 8.23. The van der Waals surface area contributed by atoms with Crippen molar-refractivity contribution in [2.24, 2.45) is 0 Å². The first-order valence-electron chi connectivity index (χ1n) is 12.5. The van der Waals surface area contributed by atoms with Crippen molar-refractivity contribution in [2.75, 3.05) is 0 Å². The van der Waals surface area contributed by atoms with Crippen LogP contribution in [0.3, 0.4) is 0 Å². The quantitative estimate of drug-likeness (QED) is 0.309. The Morgan fingerprint density at radius 2 is 1.06 bits per heavy atom. The van der Waals surface area contributed by atoms with Gasteiger partial charge in [0.25, 0.3) is 0 Å². The van der Waals surface area contributed by atoms with Gasteiger partial charge in [-0.1, -0.05) is 0 Å². The van der Waals surface area contributed by atoms with Crippen molar-refractivity contribution in [3.8, 4) is 0 Å². The molecule has 0 saturated heterocycles. The van der Waals surface area contributed by atoms with Crippen molar-refractivity contribution in [1.29, 1.82) is 0 Å². The van der Waals surface area contributed by atoms with E-state index in [9.17, 15) is 0 Å². The fraction of sp³-hybridized carbons (Fsp3) is 0.267. The Bertz CT molecular complexity index is 1340. The first kappa shape index (κ1) is 26.7. The fourth-order valence-corrected chi connectivity index (χ4v) is 28.3. The molecule has 1 atom stereocenters. The third-order valence-corrected chi connectivity index (χ3v) is 20.8. The Balaban J connectivity index is 2.21. The maximum atomic E-state index is 8.16. The molecule has 0 heterocycles. The van der Waals surface area contributed by atoms with Crippen molar-refractivity contribution >= 4 is 43.4 Å². The first-order chi connectivity index (χ1) is 15.9. The molecule has 1 unspecified atom stereocenters. The van der Waals surface area contributed by atoms with E-state index in [-0.39, 0.29) is 9.76 Å². The molecule has 0 radical (unpaired) electrons. The van der Waals surface area contributed by atoms with Crippen LogP contribution in [-0.4, -0.2) is 13.6 Å². The molecule has 1 nitrogen and oxygen atoms in total. The summed E-state index contributed by atoms with van der Waals surface area (Å²) >= 11 is 0. The molecule has 0 aliphatic heterocycles. The molecule has 35 heavy (non-hydrogen) atoms. The zero-order chi connectivity index (χ0) is 25.8. The molecule has 0 spiro atoms. The number of hydrogen-bond donors (Lipinski definition) is 1. The SMILES string of the molecule is CC1=C(c2ccccc2)C(c2ccccc2)=C(c2ccccc2)[CH]1[Ti]([CH3])([CH3])([SiH3])([Cl])([Cl])[NH]C(C)(C)C. The summed E-state index contributed by atoms with van der Waals surface area (Å²) in [7, 11) is 11.5. The van der Waals surface area contributed by atoms with E-state index in [2.05, 4.69) is 133 Å². The molecule has 3 aromatic rings. The molecule has 0 fully saturated rings. The van der Waals surface area contributed by atoms with Gasteiger partial charge >= 0.3 is 219 Å². The van der Waals surface area contributed by atoms with Gasteiger partial charge in [0, 0.05) is 0 Å². The molecule has 1 aliphatic rings. The van der Waals surface area contributed by atoms with Gasteiger partial charge < -0.3 is 0 Å². The van der Waals surface area contributed by atoms with Crippen LogP contribution in [0.1, 0.15) is 44.4 Å². The van der Waals surface area contributed by atoms with E-state index in [1.54, 1.807) is 0 Å². The summed E-state index contributed by atoms with van der Waals surface area (Å²) in [5.74, 6) is 0. The summed E-state index contributed by atoms with van der Waals surface area (Å²) in [5, 5.41) is 4.37. The van der Waals surface area contributed by atoms with E-state index in [0.717, 1.165) is 0 Å². The van der Waals surface area contributed by atoms with Crippen LogP contribution >= 0.6 is 18.6 Å². The summed E-state index contributed by atoms with van der Waals surface area (Å²) < 4.78 is 3.80. The predicted molar refractivity (Wildman–Crippen MR) is 159 cm³/mol. The van der Waals surface area contributed by atoms with Gasteiger partial charge in [-0.2, -0.15) is 0 Å². The minimum atomic E-state index is -5.45. The van der Waals surface area contributed by atoms with Crippen LogP contribution in [0.4, 0.5) is 0 Å².